The van der Waals surface area contributed by atoms with Gasteiger partial charge in [-0.25, -0.2) is 0 Å². The minimum absolute atomic E-state index is 0.190. The summed E-state index contributed by atoms with van der Waals surface area (Å²) in [7, 11) is 0. The van der Waals surface area contributed by atoms with E-state index in [4.69, 9.17) is 0 Å². The van der Waals surface area contributed by atoms with E-state index in [9.17, 15) is 4.79 Å². The van der Waals surface area contributed by atoms with E-state index < -0.39 is 0 Å². The van der Waals surface area contributed by atoms with E-state index in [0.717, 1.165) is 37.9 Å². The van der Waals surface area contributed by atoms with Crippen molar-refractivity contribution >= 4 is 11.6 Å². The molecule has 3 heteroatoms. The van der Waals surface area contributed by atoms with Crippen molar-refractivity contribution in [2.45, 2.75) is 39.5 Å². The Bertz CT molecular complexity index is 396. The standard InChI is InChI=1S/C15H22N2O/c1-3-10-15(11-4-2)12-17(16-14(15)18)13-8-6-5-7-9-13/h5-9H,3-4,10-12H2,1-2H3,(H,16,18). The van der Waals surface area contributed by atoms with Crippen LogP contribution in [0.2, 0.25) is 0 Å². The van der Waals surface area contributed by atoms with Crippen LogP contribution >= 0.6 is 0 Å². The van der Waals surface area contributed by atoms with Gasteiger partial charge in [0.05, 0.1) is 17.6 Å². The molecule has 0 radical (unpaired) electrons. The Labute approximate surface area is 109 Å². The van der Waals surface area contributed by atoms with Crippen LogP contribution in [0.5, 0.6) is 0 Å². The highest BCUT2D eigenvalue weighted by molar-refractivity contribution is 5.87. The van der Waals surface area contributed by atoms with Gasteiger partial charge in [0.2, 0.25) is 5.91 Å². The van der Waals surface area contributed by atoms with E-state index in [1.807, 2.05) is 35.3 Å². The Kier molecular flexibility index (Phi) is 3.90. The van der Waals surface area contributed by atoms with Crippen LogP contribution in [0.15, 0.2) is 30.3 Å². The van der Waals surface area contributed by atoms with Crippen LogP contribution < -0.4 is 10.4 Å². The fraction of sp³-hybridized carbons (Fsp3) is 0.533. The number of benzene rings is 1. The topological polar surface area (TPSA) is 32.3 Å². The van der Waals surface area contributed by atoms with Gasteiger partial charge in [0, 0.05) is 0 Å². The molecule has 1 fully saturated rings. The Hall–Kier alpha value is -1.51. The second-order valence-corrected chi connectivity index (χ2v) is 5.14. The van der Waals surface area contributed by atoms with Gasteiger partial charge in [0.25, 0.3) is 0 Å². The minimum Gasteiger partial charge on any atom is -0.284 e. The van der Waals surface area contributed by atoms with Gasteiger partial charge in [0.1, 0.15) is 0 Å². The van der Waals surface area contributed by atoms with Crippen molar-refractivity contribution in [3.05, 3.63) is 30.3 Å². The van der Waals surface area contributed by atoms with Crippen LogP contribution in [0.1, 0.15) is 39.5 Å². The summed E-state index contributed by atoms with van der Waals surface area (Å²) < 4.78 is 0. The number of hydrazine groups is 1. The second-order valence-electron chi connectivity index (χ2n) is 5.14. The number of nitrogens with one attached hydrogen (secondary N) is 1. The van der Waals surface area contributed by atoms with Crippen molar-refractivity contribution < 1.29 is 4.79 Å². The molecule has 0 saturated carbocycles. The predicted octanol–water partition coefficient (Wildman–Crippen LogP) is 3.12. The third-order valence-corrected chi connectivity index (χ3v) is 3.70. The molecule has 98 valence electrons. The van der Waals surface area contributed by atoms with Gasteiger partial charge in [-0.3, -0.25) is 15.2 Å². The Morgan fingerprint density at radius 3 is 2.33 bits per heavy atom. The van der Waals surface area contributed by atoms with E-state index in [2.05, 4.69) is 19.3 Å². The molecule has 1 aromatic rings. The van der Waals surface area contributed by atoms with Crippen molar-refractivity contribution in [1.29, 1.82) is 0 Å². The zero-order valence-electron chi connectivity index (χ0n) is 11.3. The molecule has 1 aliphatic heterocycles. The van der Waals surface area contributed by atoms with Gasteiger partial charge >= 0.3 is 0 Å². The average molecular weight is 246 g/mol. The number of carbonyl (C=O) groups excluding carboxylic acids is 1. The van der Waals surface area contributed by atoms with Crippen LogP contribution in [-0.4, -0.2) is 12.5 Å². The number of carbonyl (C=O) groups is 1. The SMILES string of the molecule is CCCC1(CCC)CN(c2ccccc2)NC1=O. The maximum atomic E-state index is 12.3. The third-order valence-electron chi connectivity index (χ3n) is 3.70. The molecule has 1 amide bonds. The van der Waals surface area contributed by atoms with E-state index in [-0.39, 0.29) is 11.3 Å². The molecule has 0 unspecified atom stereocenters. The van der Waals surface area contributed by atoms with E-state index >= 15 is 0 Å². The summed E-state index contributed by atoms with van der Waals surface area (Å²) in [5.74, 6) is 0.190. The largest absolute Gasteiger partial charge is 0.284 e. The van der Waals surface area contributed by atoms with Crippen LogP contribution in [0.3, 0.4) is 0 Å². The molecule has 3 nitrogen and oxygen atoms in total. The molecular weight excluding hydrogens is 224 g/mol. The van der Waals surface area contributed by atoms with Gasteiger partial charge in [0.15, 0.2) is 0 Å². The van der Waals surface area contributed by atoms with Gasteiger partial charge in [-0.15, -0.1) is 0 Å². The number of hydrogen-bond acceptors (Lipinski definition) is 2. The molecule has 0 aromatic heterocycles. The molecule has 0 atom stereocenters. The highest BCUT2D eigenvalue weighted by Gasteiger charge is 2.44. The second kappa shape index (κ2) is 5.42. The number of amides is 1. The van der Waals surface area contributed by atoms with Gasteiger partial charge in [-0.2, -0.15) is 0 Å². The average Bonchev–Trinajstić information content (AvgIpc) is 2.69. The molecule has 18 heavy (non-hydrogen) atoms. The minimum atomic E-state index is -0.195. The first kappa shape index (κ1) is 12.9. The molecule has 1 saturated heterocycles. The molecule has 1 aromatic carbocycles. The quantitative estimate of drug-likeness (QED) is 0.865. The zero-order chi connectivity index (χ0) is 13.0. The fourth-order valence-electron chi connectivity index (χ4n) is 2.89. The predicted molar refractivity (Wildman–Crippen MR) is 74.2 cm³/mol. The number of hydrogen-bond donors (Lipinski definition) is 1. The van der Waals surface area contributed by atoms with Gasteiger partial charge in [-0.1, -0.05) is 44.9 Å². The first-order valence-corrected chi connectivity index (χ1v) is 6.85. The number of para-hydroxylation sites is 1. The molecule has 0 spiro atoms. The van der Waals surface area contributed by atoms with Gasteiger partial charge in [-0.05, 0) is 25.0 Å². The van der Waals surface area contributed by atoms with Crippen LogP contribution in [0, 0.1) is 5.41 Å². The molecule has 1 heterocycles. The summed E-state index contributed by atoms with van der Waals surface area (Å²) in [6, 6.07) is 10.1. The normalized spacial score (nSPS) is 17.9. The van der Waals surface area contributed by atoms with Crippen molar-refractivity contribution in [3.63, 3.8) is 0 Å². The molecule has 0 bridgehead atoms. The summed E-state index contributed by atoms with van der Waals surface area (Å²) in [6.07, 6.45) is 4.04. The summed E-state index contributed by atoms with van der Waals surface area (Å²) in [6.45, 7) is 5.09. The van der Waals surface area contributed by atoms with E-state index in [1.54, 1.807) is 0 Å². The summed E-state index contributed by atoms with van der Waals surface area (Å²) >= 11 is 0. The lowest BCUT2D eigenvalue weighted by Gasteiger charge is -2.25. The number of anilines is 1. The first-order chi connectivity index (χ1) is 8.72. The molecular formula is C15H22N2O. The number of rotatable bonds is 5. The molecule has 0 aliphatic carbocycles. The fourth-order valence-corrected chi connectivity index (χ4v) is 2.89. The van der Waals surface area contributed by atoms with E-state index in [0.29, 0.717) is 0 Å². The van der Waals surface area contributed by atoms with Crippen molar-refractivity contribution in [3.8, 4) is 0 Å². The van der Waals surface area contributed by atoms with Crippen LogP contribution in [0.25, 0.3) is 0 Å². The van der Waals surface area contributed by atoms with Crippen LogP contribution in [0.4, 0.5) is 5.69 Å². The lowest BCUT2D eigenvalue weighted by atomic mass is 9.79. The summed E-state index contributed by atoms with van der Waals surface area (Å²) in [4.78, 5) is 12.3. The summed E-state index contributed by atoms with van der Waals surface area (Å²) in [5.41, 5.74) is 3.90. The Balaban J connectivity index is 2.19. The highest BCUT2D eigenvalue weighted by atomic mass is 16.2. The van der Waals surface area contributed by atoms with Gasteiger partial charge < -0.3 is 0 Å². The lowest BCUT2D eigenvalue weighted by Crippen LogP contribution is -2.33. The Morgan fingerprint density at radius 1 is 1.17 bits per heavy atom. The lowest BCUT2D eigenvalue weighted by molar-refractivity contribution is -0.128. The maximum Gasteiger partial charge on any atom is 0.246 e. The summed E-state index contributed by atoms with van der Waals surface area (Å²) in [5, 5.41) is 1.99. The van der Waals surface area contributed by atoms with Crippen molar-refractivity contribution in [1.82, 2.24) is 5.43 Å². The van der Waals surface area contributed by atoms with E-state index in [1.165, 1.54) is 0 Å². The molecule has 2 rings (SSSR count). The third kappa shape index (κ3) is 2.35. The van der Waals surface area contributed by atoms with Crippen LogP contribution in [-0.2, 0) is 4.79 Å². The van der Waals surface area contributed by atoms with Crippen molar-refractivity contribution in [2.75, 3.05) is 11.6 Å². The monoisotopic (exact) mass is 246 g/mol. The zero-order valence-corrected chi connectivity index (χ0v) is 11.3. The maximum absolute atomic E-state index is 12.3. The molecule has 1 N–H and O–H groups in total. The molecule has 1 aliphatic rings. The smallest absolute Gasteiger partial charge is 0.246 e. The highest BCUT2D eigenvalue weighted by Crippen LogP contribution is 2.36. The Morgan fingerprint density at radius 2 is 1.78 bits per heavy atom. The van der Waals surface area contributed by atoms with Crippen molar-refractivity contribution in [2.24, 2.45) is 5.41 Å². The number of nitrogens with zero attached hydrogens (tertiary/aromatic N) is 1. The first-order valence-electron chi connectivity index (χ1n) is 6.85.